The average Bonchev–Trinajstić information content (AvgIpc) is 2.83. The lowest BCUT2D eigenvalue weighted by atomic mass is 9.35. The Morgan fingerprint density at radius 3 is 1.44 bits per heavy atom. The maximum Gasteiger partial charge on any atom is 0.276 e. The zero-order chi connectivity index (χ0) is 56.1. The Morgan fingerprint density at radius 1 is 0.407 bits per heavy atom. The molecule has 14 rings (SSSR count). The molecule has 0 saturated carbocycles. The van der Waals surface area contributed by atoms with Gasteiger partial charge in [0.1, 0.15) is 32.3 Å². The minimum absolute atomic E-state index is 0.0154. The van der Waals surface area contributed by atoms with Gasteiger partial charge in [-0.05, 0) is 176 Å². The largest absolute Gasteiger partial charge is 0.456 e. The van der Waals surface area contributed by atoms with Crippen molar-refractivity contribution in [3.05, 3.63) is 210 Å². The number of furan rings is 2. The number of aromatic nitrogens is 1. The molecule has 0 atom stereocenters. The van der Waals surface area contributed by atoms with E-state index in [0.717, 1.165) is 111 Å². The minimum atomic E-state index is -0.211. The third kappa shape index (κ3) is 8.47. The SMILES string of the molecule is CC(C)(C)c1ccc(N2c3cc(N(c4ccccc4)c4ccccc4)ccc3B3c4nc(-c5ccc6oc7ccc(C(C)(C)C)cc7c6c5)sc4N(c4ccc5oc6ccc(C(C)(C)C)cc6c5c4)c4cc(C(C)(C)C)cc2c43)cc1. The van der Waals surface area contributed by atoms with E-state index in [1.165, 1.54) is 33.2 Å². The molecule has 0 N–H and O–H groups in total. The number of thiazole rings is 1. The molecule has 3 aromatic heterocycles. The maximum atomic E-state index is 6.64. The summed E-state index contributed by atoms with van der Waals surface area (Å²) in [6, 6.07) is 69.6. The van der Waals surface area contributed by atoms with Crippen LogP contribution in [0.3, 0.4) is 0 Å². The van der Waals surface area contributed by atoms with Gasteiger partial charge >= 0.3 is 0 Å². The Hall–Kier alpha value is -8.33. The average molecular weight is 1080 g/mol. The van der Waals surface area contributed by atoms with Gasteiger partial charge in [-0.15, -0.1) is 0 Å². The first kappa shape index (κ1) is 50.9. The fraction of sp³-hybridized carbons (Fsp3) is 0.219. The van der Waals surface area contributed by atoms with Crippen molar-refractivity contribution < 1.29 is 8.83 Å². The van der Waals surface area contributed by atoms with Crippen LogP contribution >= 0.6 is 11.3 Å². The van der Waals surface area contributed by atoms with Crippen molar-refractivity contribution in [1.82, 2.24) is 4.98 Å². The highest BCUT2D eigenvalue weighted by Crippen LogP contribution is 2.51. The molecule has 5 heterocycles. The van der Waals surface area contributed by atoms with Crippen LogP contribution in [0.1, 0.15) is 105 Å². The van der Waals surface area contributed by atoms with Crippen LogP contribution in [0.25, 0.3) is 54.4 Å². The van der Waals surface area contributed by atoms with Crippen LogP contribution in [0, 0.1) is 0 Å². The number of hydrogen-bond acceptors (Lipinski definition) is 7. The third-order valence-corrected chi connectivity index (χ3v) is 18.0. The normalized spacial score (nSPS) is 13.6. The smallest absolute Gasteiger partial charge is 0.276 e. The fourth-order valence-corrected chi connectivity index (χ4v) is 13.4. The van der Waals surface area contributed by atoms with Gasteiger partial charge in [0.15, 0.2) is 0 Å². The molecule has 2 aliphatic heterocycles. The predicted octanol–water partition coefficient (Wildman–Crippen LogP) is 19.4. The molecule has 12 aromatic rings. The Balaban J connectivity index is 1.06. The summed E-state index contributed by atoms with van der Waals surface area (Å²) in [7, 11) is 0. The van der Waals surface area contributed by atoms with E-state index in [2.05, 4.69) is 286 Å². The van der Waals surface area contributed by atoms with Crippen LogP contribution < -0.4 is 31.2 Å². The second kappa shape index (κ2) is 18.1. The fourth-order valence-electron chi connectivity index (χ4n) is 12.3. The number of hydrogen-bond donors (Lipinski definition) is 0. The van der Waals surface area contributed by atoms with Crippen LogP contribution in [0.5, 0.6) is 0 Å². The van der Waals surface area contributed by atoms with E-state index in [1.807, 2.05) is 0 Å². The summed E-state index contributed by atoms with van der Waals surface area (Å²) in [5, 5.41) is 6.49. The molecule has 81 heavy (non-hydrogen) atoms. The van der Waals surface area contributed by atoms with Crippen molar-refractivity contribution in [3.8, 4) is 10.6 Å². The van der Waals surface area contributed by atoms with Gasteiger partial charge < -0.3 is 23.5 Å². The predicted molar refractivity (Wildman–Crippen MR) is 346 cm³/mol. The topological polar surface area (TPSA) is 48.9 Å². The summed E-state index contributed by atoms with van der Waals surface area (Å²) in [5.74, 6) is 0. The van der Waals surface area contributed by atoms with Gasteiger partial charge in [0, 0.05) is 72.6 Å². The molecular weight excluding hydrogens is 1010 g/mol. The number of para-hydroxylation sites is 2. The monoisotopic (exact) mass is 1070 g/mol. The van der Waals surface area contributed by atoms with Gasteiger partial charge in [-0.25, -0.2) is 4.98 Å². The first-order valence-electron chi connectivity index (χ1n) is 28.5. The minimum Gasteiger partial charge on any atom is -0.456 e. The van der Waals surface area contributed by atoms with Gasteiger partial charge in [-0.1, -0.05) is 161 Å². The van der Waals surface area contributed by atoms with Crippen LogP contribution in [0.2, 0.25) is 0 Å². The highest BCUT2D eigenvalue weighted by molar-refractivity contribution is 7.22. The number of anilines is 9. The van der Waals surface area contributed by atoms with Gasteiger partial charge in [0.05, 0.1) is 5.59 Å². The van der Waals surface area contributed by atoms with Gasteiger partial charge in [-0.3, -0.25) is 0 Å². The van der Waals surface area contributed by atoms with Gasteiger partial charge in [0.2, 0.25) is 0 Å². The standard InChI is InChI=1S/C73H67BN4O2S/c1-70(2,3)45-24-28-51(29-25-45)77-59-43-53(76(49-19-15-13-16-20-49)50-21-17-14-18-22-50)30-32-58(59)74-66-60(77)40-48(73(10,11)12)41-61(66)78(52-31-36-65-57(42-52)56-39-47(72(7,8)9)27-35-64(56)80-65)69-67(74)75-68(81-69)44-23-33-62-54(37-44)55-38-46(71(4,5)6)26-34-63(55)79-62/h13-43H,1-12H3. The zero-order valence-corrected chi connectivity index (χ0v) is 49.3. The molecule has 0 spiro atoms. The zero-order valence-electron chi connectivity index (χ0n) is 48.5. The van der Waals surface area contributed by atoms with Crippen molar-refractivity contribution in [1.29, 1.82) is 0 Å². The molecular formula is C73H67BN4O2S. The highest BCUT2D eigenvalue weighted by atomic mass is 32.1. The Kier molecular flexibility index (Phi) is 11.4. The lowest BCUT2D eigenvalue weighted by Crippen LogP contribution is -2.61. The molecule has 8 heteroatoms. The van der Waals surface area contributed by atoms with Gasteiger partial charge in [-0.2, -0.15) is 0 Å². The van der Waals surface area contributed by atoms with Crippen molar-refractivity contribution in [2.45, 2.75) is 105 Å². The molecule has 9 aromatic carbocycles. The Bertz CT molecular complexity index is 4430. The van der Waals surface area contributed by atoms with E-state index < -0.39 is 0 Å². The lowest BCUT2D eigenvalue weighted by molar-refractivity contribution is 0.590. The van der Waals surface area contributed by atoms with E-state index in [1.54, 1.807) is 11.3 Å². The molecule has 0 amide bonds. The quantitative estimate of drug-likeness (QED) is 0.155. The first-order chi connectivity index (χ1) is 38.7. The van der Waals surface area contributed by atoms with E-state index >= 15 is 0 Å². The maximum absolute atomic E-state index is 6.64. The molecule has 0 radical (unpaired) electrons. The lowest BCUT2D eigenvalue weighted by Gasteiger charge is -2.44. The number of benzene rings is 9. The summed E-state index contributed by atoms with van der Waals surface area (Å²) < 4.78 is 13.2. The van der Waals surface area contributed by atoms with E-state index in [9.17, 15) is 0 Å². The number of rotatable bonds is 6. The second-order valence-corrected chi connectivity index (χ2v) is 27.5. The van der Waals surface area contributed by atoms with Crippen molar-refractivity contribution >= 4 is 129 Å². The summed E-state index contributed by atoms with van der Waals surface area (Å²) >= 11 is 1.78. The summed E-state index contributed by atoms with van der Waals surface area (Å²) in [6.07, 6.45) is 0. The second-order valence-electron chi connectivity index (χ2n) is 26.6. The molecule has 2 aliphatic rings. The third-order valence-electron chi connectivity index (χ3n) is 16.9. The van der Waals surface area contributed by atoms with E-state index in [0.29, 0.717) is 0 Å². The van der Waals surface area contributed by atoms with Crippen LogP contribution in [-0.4, -0.2) is 11.7 Å². The van der Waals surface area contributed by atoms with E-state index in [4.69, 9.17) is 13.8 Å². The molecule has 0 saturated heterocycles. The van der Waals surface area contributed by atoms with Crippen molar-refractivity contribution in [3.63, 3.8) is 0 Å². The van der Waals surface area contributed by atoms with Crippen LogP contribution in [0.4, 0.5) is 50.5 Å². The van der Waals surface area contributed by atoms with Crippen LogP contribution in [0.15, 0.2) is 197 Å². The van der Waals surface area contributed by atoms with Crippen molar-refractivity contribution in [2.24, 2.45) is 0 Å². The summed E-state index contributed by atoms with van der Waals surface area (Å²) in [5.41, 5.74) is 21.7. The van der Waals surface area contributed by atoms with Gasteiger partial charge in [0.25, 0.3) is 6.71 Å². The summed E-state index contributed by atoms with van der Waals surface area (Å²) in [4.78, 5) is 13.4. The number of nitrogens with zero attached hydrogens (tertiary/aromatic N) is 4. The molecule has 6 nitrogen and oxygen atoms in total. The Labute approximate surface area is 480 Å². The van der Waals surface area contributed by atoms with Crippen molar-refractivity contribution in [2.75, 3.05) is 14.7 Å². The molecule has 0 aliphatic carbocycles. The number of fused-ring (bicyclic) bond motifs is 10. The highest BCUT2D eigenvalue weighted by Gasteiger charge is 2.47. The van der Waals surface area contributed by atoms with Crippen LogP contribution in [-0.2, 0) is 21.7 Å². The van der Waals surface area contributed by atoms with E-state index in [-0.39, 0.29) is 28.4 Å². The molecule has 0 bridgehead atoms. The Morgan fingerprint density at radius 2 is 0.889 bits per heavy atom. The molecule has 0 fully saturated rings. The molecule has 400 valence electrons. The summed E-state index contributed by atoms with van der Waals surface area (Å²) in [6.45, 7) is 27.3. The first-order valence-corrected chi connectivity index (χ1v) is 29.4. The molecule has 0 unspecified atom stereocenters.